The second-order valence-electron chi connectivity index (χ2n) is 15.3. The lowest BCUT2D eigenvalue weighted by Crippen LogP contribution is -2.68. The summed E-state index contributed by atoms with van der Waals surface area (Å²) < 4.78 is 33.3. The third-order valence-electron chi connectivity index (χ3n) is 13.5. The molecule has 6 saturated heterocycles. The van der Waals surface area contributed by atoms with Gasteiger partial charge in [-0.15, -0.1) is 0 Å². The van der Waals surface area contributed by atoms with E-state index in [0.717, 1.165) is 5.57 Å². The van der Waals surface area contributed by atoms with Gasteiger partial charge >= 0.3 is 23.9 Å². The first-order valence-corrected chi connectivity index (χ1v) is 14.9. The Morgan fingerprint density at radius 2 is 1.35 bits per heavy atom. The molecule has 6 aliphatic heterocycles. The highest BCUT2D eigenvalue weighted by Crippen LogP contribution is 2.78. The molecule has 2 spiro atoms. The predicted octanol–water partition coefficient (Wildman–Crippen LogP) is -0.953. The molecule has 0 aromatic heterocycles. The summed E-state index contributed by atoms with van der Waals surface area (Å²) in [5.74, 6) is -3.92. The number of rotatable bonds is 2. The van der Waals surface area contributed by atoms with E-state index in [1.165, 1.54) is 0 Å². The van der Waals surface area contributed by atoms with E-state index in [9.17, 15) is 34.5 Å². The summed E-state index contributed by atoms with van der Waals surface area (Å²) in [5, 5.41) is 33.4. The molecule has 16 unspecified atom stereocenters. The minimum Gasteiger partial charge on any atom is -0.458 e. The molecule has 0 amide bonds. The maximum absolute atomic E-state index is 12.4. The molecule has 43 heavy (non-hydrogen) atoms. The molecule has 6 heterocycles. The number of esters is 4. The van der Waals surface area contributed by atoms with Crippen LogP contribution in [0, 0.1) is 34.5 Å². The topological polar surface area (TPSA) is 195 Å². The third kappa shape index (κ3) is 2.29. The van der Waals surface area contributed by atoms with E-state index in [2.05, 4.69) is 6.58 Å². The van der Waals surface area contributed by atoms with Crippen molar-refractivity contribution in [3.63, 3.8) is 0 Å². The third-order valence-corrected chi connectivity index (χ3v) is 13.5. The number of fused-ring (bicyclic) bond motifs is 8. The fourth-order valence-electron chi connectivity index (χ4n) is 11.4. The molecule has 13 heteroatoms. The van der Waals surface area contributed by atoms with E-state index < -0.39 is 105 Å². The van der Waals surface area contributed by atoms with Gasteiger partial charge in [-0.25, -0.2) is 9.59 Å². The number of carbonyl (C=O) groups is 3. The Morgan fingerprint density at radius 1 is 0.860 bits per heavy atom. The highest BCUT2D eigenvalue weighted by Gasteiger charge is 2.98. The van der Waals surface area contributed by atoms with Crippen molar-refractivity contribution >= 4 is 23.9 Å². The summed E-state index contributed by atoms with van der Waals surface area (Å²) in [5.41, 5.74) is -7.32. The van der Waals surface area contributed by atoms with Crippen LogP contribution in [0.2, 0.25) is 0 Å². The van der Waals surface area contributed by atoms with Crippen molar-refractivity contribution in [1.29, 1.82) is 0 Å². The van der Waals surface area contributed by atoms with Gasteiger partial charge in [0.05, 0.1) is 39.5 Å². The minimum absolute atomic E-state index is 0.168. The lowest BCUT2D eigenvalue weighted by atomic mass is 9.52. The molecule has 0 aromatic carbocycles. The van der Waals surface area contributed by atoms with E-state index in [-0.39, 0.29) is 24.4 Å². The van der Waals surface area contributed by atoms with Gasteiger partial charge in [-0.1, -0.05) is 12.2 Å². The molecule has 16 atom stereocenters. The Balaban J connectivity index is 0.000000121. The van der Waals surface area contributed by atoms with Crippen molar-refractivity contribution in [2.75, 3.05) is 0 Å². The van der Waals surface area contributed by atoms with Crippen molar-refractivity contribution < 1.29 is 62.9 Å². The van der Waals surface area contributed by atoms with Crippen molar-refractivity contribution in [1.82, 2.24) is 0 Å². The number of hydrogen-bond acceptors (Lipinski definition) is 12. The van der Waals surface area contributed by atoms with Gasteiger partial charge in [-0.05, 0) is 34.6 Å². The van der Waals surface area contributed by atoms with E-state index in [0.29, 0.717) is 6.42 Å². The molecule has 10 fully saturated rings. The number of ether oxygens (including phenoxy) is 6. The second-order valence-corrected chi connectivity index (χ2v) is 15.3. The molecule has 0 aromatic rings. The van der Waals surface area contributed by atoms with Gasteiger partial charge in [0.15, 0.2) is 18.1 Å². The maximum atomic E-state index is 12.4. The molecule has 4 bridgehead atoms. The summed E-state index contributed by atoms with van der Waals surface area (Å²) in [7, 11) is 0. The molecular formula is C30H35O13+. The van der Waals surface area contributed by atoms with E-state index in [1.807, 2.05) is 13.8 Å². The van der Waals surface area contributed by atoms with Crippen LogP contribution in [0.15, 0.2) is 12.2 Å². The number of aliphatic hydroxyl groups is 3. The quantitative estimate of drug-likeness (QED) is 0.115. The molecule has 4 saturated carbocycles. The van der Waals surface area contributed by atoms with Crippen LogP contribution in [0.5, 0.6) is 0 Å². The lowest BCUT2D eigenvalue weighted by Gasteiger charge is -2.53. The monoisotopic (exact) mass is 603 g/mol. The fourth-order valence-corrected chi connectivity index (χ4v) is 11.4. The number of epoxide rings is 2. The smallest absolute Gasteiger partial charge is 0.458 e. The van der Waals surface area contributed by atoms with Crippen LogP contribution in [0.25, 0.3) is 0 Å². The first kappa shape index (κ1) is 26.8. The van der Waals surface area contributed by atoms with E-state index >= 15 is 0 Å². The predicted molar refractivity (Wildman–Crippen MR) is 137 cm³/mol. The van der Waals surface area contributed by atoms with Crippen LogP contribution >= 0.6 is 0 Å². The van der Waals surface area contributed by atoms with Crippen LogP contribution in [0.4, 0.5) is 0 Å². The summed E-state index contributed by atoms with van der Waals surface area (Å²) in [6.45, 7) is 12.6. The van der Waals surface area contributed by atoms with Crippen LogP contribution in [0.3, 0.4) is 0 Å². The number of hydrogen-bond donors (Lipinski definition) is 3. The SMILES string of the molecule is C=C(C)C1C2OC(=[OH+])C1C1(O)CC3OC34C(=O)OC2C14C.CC(C)(O)C1C2OC(=O)C1C1(O)CC3OC34C(=O)OC2C14C. The minimum atomic E-state index is -1.47. The lowest BCUT2D eigenvalue weighted by molar-refractivity contribution is -0.223. The molecule has 4 N–H and O–H groups in total. The van der Waals surface area contributed by atoms with Gasteiger partial charge in [-0.3, -0.25) is 4.79 Å². The Bertz CT molecular complexity index is 1500. The normalized spacial score (nSPS) is 61.3. The second kappa shape index (κ2) is 6.81. The molecule has 4 aliphatic carbocycles. The first-order chi connectivity index (χ1) is 19.9. The molecule has 13 nitrogen and oxygen atoms in total. The first-order valence-electron chi connectivity index (χ1n) is 14.9. The zero-order valence-electron chi connectivity index (χ0n) is 24.4. The highest BCUT2D eigenvalue weighted by molar-refractivity contribution is 5.92. The molecule has 10 rings (SSSR count). The zero-order chi connectivity index (χ0) is 30.8. The zero-order valence-corrected chi connectivity index (χ0v) is 24.4. The van der Waals surface area contributed by atoms with Crippen molar-refractivity contribution in [3.05, 3.63) is 12.2 Å². The van der Waals surface area contributed by atoms with E-state index in [1.54, 1.807) is 20.8 Å². The largest absolute Gasteiger partial charge is 0.490 e. The molecule has 232 valence electrons. The Labute approximate surface area is 245 Å². The average molecular weight is 604 g/mol. The summed E-state index contributed by atoms with van der Waals surface area (Å²) in [6, 6.07) is 0. The molecule has 0 radical (unpaired) electrons. The molecular weight excluding hydrogens is 568 g/mol. The Hall–Kier alpha value is -2.58. The van der Waals surface area contributed by atoms with Gasteiger partial charge in [0.1, 0.15) is 18.3 Å². The van der Waals surface area contributed by atoms with Crippen molar-refractivity contribution in [2.45, 2.75) is 112 Å². The van der Waals surface area contributed by atoms with Crippen LogP contribution in [-0.4, -0.2) is 109 Å². The van der Waals surface area contributed by atoms with E-state index in [4.69, 9.17) is 28.4 Å². The molecule has 10 aliphatic rings. The Kier molecular flexibility index (Phi) is 4.24. The standard InChI is InChI=1S/C15H18O7.C15H16O6/c1-12(2,18)6-7-10(16)20-8(6)9-13(3)14(7,19)4-5-15(13,22-5)11(17)21-9;1-5(2)7-8-11(16)19-9(7)10-13(3)14(8,18)4-6-15(13,21-6)12(17)20-10/h5-9,18-19H,4H2,1-3H3;6-10,18H,1,4H2,2-3H3/p+1. The maximum Gasteiger partial charge on any atom is 0.490 e. The summed E-state index contributed by atoms with van der Waals surface area (Å²) in [6.07, 6.45) is -2.95. The van der Waals surface area contributed by atoms with Crippen molar-refractivity contribution in [2.24, 2.45) is 34.5 Å². The van der Waals surface area contributed by atoms with Crippen LogP contribution < -0.4 is 0 Å². The highest BCUT2D eigenvalue weighted by atomic mass is 16.7. The number of carbonyl (C=O) groups excluding carboxylic acids is 4. The van der Waals surface area contributed by atoms with Gasteiger partial charge in [0.2, 0.25) is 17.3 Å². The average Bonchev–Trinajstić information content (AvgIpc) is 3.58. The van der Waals surface area contributed by atoms with Gasteiger partial charge in [0.25, 0.3) is 0 Å². The van der Waals surface area contributed by atoms with Crippen LogP contribution in [0.1, 0.15) is 47.5 Å². The fraction of sp³-hybridized carbons (Fsp3) is 0.800. The van der Waals surface area contributed by atoms with Gasteiger partial charge in [0, 0.05) is 18.8 Å². The van der Waals surface area contributed by atoms with Gasteiger partial charge in [-0.2, -0.15) is 0 Å². The summed E-state index contributed by atoms with van der Waals surface area (Å²) >= 11 is 0. The van der Waals surface area contributed by atoms with Crippen molar-refractivity contribution in [3.8, 4) is 0 Å². The van der Waals surface area contributed by atoms with Crippen LogP contribution in [-0.2, 0) is 42.8 Å². The van der Waals surface area contributed by atoms with Gasteiger partial charge < -0.3 is 48.5 Å². The summed E-state index contributed by atoms with van der Waals surface area (Å²) in [4.78, 5) is 47.4. The Morgan fingerprint density at radius 3 is 1.84 bits per heavy atom.